The molecule has 3 amide bonds. The van der Waals surface area contributed by atoms with Crippen LogP contribution in [0.1, 0.15) is 137 Å². The number of sulfonamides is 1. The van der Waals surface area contributed by atoms with E-state index in [0.29, 0.717) is 54.3 Å². The van der Waals surface area contributed by atoms with Crippen LogP contribution < -0.4 is 25.8 Å². The maximum Gasteiger partial charge on any atom is 0.407 e. The van der Waals surface area contributed by atoms with E-state index in [4.69, 9.17) is 24.7 Å². The van der Waals surface area contributed by atoms with Crippen molar-refractivity contribution < 1.29 is 51.3 Å². The molecule has 4 N–H and O–H groups in total. The van der Waals surface area contributed by atoms with Crippen molar-refractivity contribution in [2.24, 2.45) is 17.1 Å². The maximum absolute atomic E-state index is 14.8. The van der Waals surface area contributed by atoms with Gasteiger partial charge in [-0.15, -0.1) is 0 Å². The van der Waals surface area contributed by atoms with E-state index in [-0.39, 0.29) is 25.8 Å². The van der Waals surface area contributed by atoms with Gasteiger partial charge >= 0.3 is 18.0 Å². The largest absolute Gasteiger partial charge is 0.488 e. The Morgan fingerprint density at radius 1 is 0.781 bits per heavy atom. The fourth-order valence-corrected chi connectivity index (χ4v) is 9.05. The molecule has 1 saturated carbocycles. The van der Waals surface area contributed by atoms with Crippen molar-refractivity contribution in [2.45, 2.75) is 168 Å². The van der Waals surface area contributed by atoms with Gasteiger partial charge in [-0.3, -0.25) is 14.4 Å². The summed E-state index contributed by atoms with van der Waals surface area (Å²) in [5.74, 6) is -3.09. The van der Waals surface area contributed by atoms with Crippen LogP contribution >= 0.6 is 0 Å². The minimum atomic E-state index is -4.28. The number of hydrogen-bond acceptors (Lipinski definition) is 12. The number of carbonyl (C=O) groups excluding carboxylic acids is 5. The van der Waals surface area contributed by atoms with Crippen molar-refractivity contribution in [3.63, 3.8) is 0 Å². The summed E-state index contributed by atoms with van der Waals surface area (Å²) in [5, 5.41) is 5.64. The molecule has 0 unspecified atom stereocenters. The summed E-state index contributed by atoms with van der Waals surface area (Å²) in [6.45, 7) is 15.7. The van der Waals surface area contributed by atoms with Crippen molar-refractivity contribution in [3.8, 4) is 11.5 Å². The zero-order valence-electron chi connectivity index (χ0n) is 39.6. The average molecular weight is 913 g/mol. The molecule has 0 spiro atoms. The van der Waals surface area contributed by atoms with Gasteiger partial charge in [0, 0.05) is 13.0 Å². The normalized spacial score (nSPS) is 16.4. The van der Waals surface area contributed by atoms with E-state index in [1.165, 1.54) is 5.56 Å². The third kappa shape index (κ3) is 16.4. The number of carbonyl (C=O) groups is 5. The number of nitrogens with zero attached hydrogens (tertiary/aromatic N) is 1. The van der Waals surface area contributed by atoms with E-state index in [1.807, 2.05) is 45.0 Å². The highest BCUT2D eigenvalue weighted by Gasteiger charge is 2.47. The molecule has 64 heavy (non-hydrogen) atoms. The Labute approximate surface area is 380 Å². The first kappa shape index (κ1) is 51.9. The molecule has 0 heterocycles. The molecule has 0 aromatic heterocycles. The van der Waals surface area contributed by atoms with Crippen LogP contribution in [0.3, 0.4) is 0 Å². The van der Waals surface area contributed by atoms with Gasteiger partial charge in [0.1, 0.15) is 34.3 Å². The molecule has 2 aromatic carbocycles. The first-order valence-electron chi connectivity index (χ1n) is 22.5. The molecule has 2 aromatic rings. The van der Waals surface area contributed by atoms with Crippen LogP contribution in [0.25, 0.3) is 0 Å². The molecule has 4 rings (SSSR count). The lowest BCUT2D eigenvalue weighted by molar-refractivity contribution is -0.162. The van der Waals surface area contributed by atoms with Crippen LogP contribution in [0.15, 0.2) is 42.5 Å². The summed E-state index contributed by atoms with van der Waals surface area (Å²) in [7, 11) is -4.28. The number of fused-ring (bicyclic) bond motifs is 1. The predicted molar refractivity (Wildman–Crippen MR) is 244 cm³/mol. The van der Waals surface area contributed by atoms with Crippen LogP contribution in [0.5, 0.6) is 11.5 Å². The smallest absolute Gasteiger partial charge is 0.407 e. The third-order valence-corrected chi connectivity index (χ3v) is 12.2. The van der Waals surface area contributed by atoms with Gasteiger partial charge in [-0.2, -0.15) is 0 Å². The van der Waals surface area contributed by atoms with Gasteiger partial charge in [-0.1, -0.05) is 31.0 Å². The molecule has 15 nitrogen and oxygen atoms in total. The number of nitrogens with two attached hydrogens (primary N) is 1. The molecule has 0 saturated heterocycles. The maximum atomic E-state index is 14.8. The fraction of sp³-hybridized carbons (Fsp3) is 0.646. The van der Waals surface area contributed by atoms with Gasteiger partial charge < -0.3 is 35.3 Å². The summed E-state index contributed by atoms with van der Waals surface area (Å²) in [5.41, 5.74) is 6.07. The highest BCUT2D eigenvalue weighted by atomic mass is 32.2. The van der Waals surface area contributed by atoms with Gasteiger partial charge in [-0.25, -0.2) is 22.3 Å². The SMILES string of the molecule is CC(C)(C)OC(=O)NCCCC[C@H](N)C(=O)N(C[C@H](CC1(C(=O)N[C@@H](Cc2ccc(OC(C)(C)C)cc2)C(=O)Oc2ccc3c(c2)CCC3)CCCC1)C(=O)OC(C)(C)C)S(C)(=O)=O. The minimum Gasteiger partial charge on any atom is -0.488 e. The molecular formula is C48H72N4O11S. The summed E-state index contributed by atoms with van der Waals surface area (Å²) in [6.07, 6.45) is 5.94. The fourth-order valence-electron chi connectivity index (χ4n) is 8.13. The first-order valence-corrected chi connectivity index (χ1v) is 24.4. The van der Waals surface area contributed by atoms with Crippen molar-refractivity contribution in [1.29, 1.82) is 0 Å². The lowest BCUT2D eigenvalue weighted by Crippen LogP contribution is -2.53. The molecule has 2 aliphatic rings. The van der Waals surface area contributed by atoms with Crippen LogP contribution in [-0.2, 0) is 57.9 Å². The van der Waals surface area contributed by atoms with E-state index < -0.39 is 86.6 Å². The third-order valence-electron chi connectivity index (χ3n) is 11.0. The Hall–Kier alpha value is -4.70. The van der Waals surface area contributed by atoms with Crippen molar-refractivity contribution in [2.75, 3.05) is 19.3 Å². The Morgan fingerprint density at radius 2 is 1.39 bits per heavy atom. The van der Waals surface area contributed by atoms with Crippen LogP contribution in [0.4, 0.5) is 4.79 Å². The standard InChI is InChI=1S/C48H72N4O11S/c1-45(2,3)61-36-22-19-32(20-23-36)28-39(42(55)60-37-24-21-33-16-15-17-34(33)29-37)51-43(56)48(25-12-13-26-48)30-35(41(54)62-46(4,5)6)31-52(64(10,58)59)40(53)38(49)18-11-14-27-50-44(57)63-47(7,8)9/h19-24,29,35,38-39H,11-18,25-28,30-31,49H2,1-10H3,(H,50,57)(H,51,56)/t35-,38-,39-/m0/s1. The van der Waals surface area contributed by atoms with Crippen molar-refractivity contribution in [1.82, 2.24) is 14.9 Å². The number of alkyl carbamates (subject to hydrolysis) is 1. The summed E-state index contributed by atoms with van der Waals surface area (Å²) < 4.78 is 50.2. The number of benzene rings is 2. The summed E-state index contributed by atoms with van der Waals surface area (Å²) in [6, 6.07) is 10.5. The highest BCUT2D eigenvalue weighted by Crippen LogP contribution is 2.44. The zero-order valence-corrected chi connectivity index (χ0v) is 40.4. The van der Waals surface area contributed by atoms with Gasteiger partial charge in [-0.05, 0) is 161 Å². The van der Waals surface area contributed by atoms with Gasteiger partial charge in [0.2, 0.25) is 15.9 Å². The molecule has 1 fully saturated rings. The van der Waals surface area contributed by atoms with Crippen molar-refractivity contribution in [3.05, 3.63) is 59.2 Å². The monoisotopic (exact) mass is 912 g/mol. The summed E-state index contributed by atoms with van der Waals surface area (Å²) in [4.78, 5) is 68.9. The topological polar surface area (TPSA) is 210 Å². The number of rotatable bonds is 19. The number of esters is 2. The Kier molecular flexibility index (Phi) is 17.5. The molecule has 0 aliphatic heterocycles. The minimum absolute atomic E-state index is 0.0855. The zero-order chi connectivity index (χ0) is 47.7. The lowest BCUT2D eigenvalue weighted by Gasteiger charge is -2.35. The average Bonchev–Trinajstić information content (AvgIpc) is 3.84. The molecule has 2 aliphatic carbocycles. The number of hydrogen-bond donors (Lipinski definition) is 3. The summed E-state index contributed by atoms with van der Waals surface area (Å²) >= 11 is 0. The van der Waals surface area contributed by atoms with Crippen LogP contribution in [0.2, 0.25) is 0 Å². The molecular weight excluding hydrogens is 841 g/mol. The van der Waals surface area contributed by atoms with Gasteiger partial charge in [0.25, 0.3) is 5.91 Å². The van der Waals surface area contributed by atoms with E-state index in [1.54, 1.807) is 59.7 Å². The number of nitrogens with one attached hydrogen (secondary N) is 2. The van der Waals surface area contributed by atoms with E-state index in [2.05, 4.69) is 10.6 Å². The Balaban J connectivity index is 1.58. The highest BCUT2D eigenvalue weighted by molar-refractivity contribution is 7.88. The van der Waals surface area contributed by atoms with E-state index in [9.17, 15) is 32.4 Å². The second-order valence-corrected chi connectivity index (χ2v) is 22.3. The molecule has 356 valence electrons. The predicted octanol–water partition coefficient (Wildman–Crippen LogP) is 6.70. The molecule has 3 atom stereocenters. The van der Waals surface area contributed by atoms with Crippen molar-refractivity contribution >= 4 is 39.9 Å². The number of unbranched alkanes of at least 4 members (excludes halogenated alkanes) is 1. The second-order valence-electron chi connectivity index (χ2n) is 20.4. The Morgan fingerprint density at radius 3 is 1.98 bits per heavy atom. The van der Waals surface area contributed by atoms with Gasteiger partial charge in [0.15, 0.2) is 0 Å². The number of amides is 3. The first-order chi connectivity index (χ1) is 29.6. The van der Waals surface area contributed by atoms with E-state index in [0.717, 1.165) is 36.6 Å². The molecule has 0 bridgehead atoms. The van der Waals surface area contributed by atoms with Crippen LogP contribution in [-0.4, -0.2) is 90.8 Å². The molecule has 16 heteroatoms. The molecule has 0 radical (unpaired) electrons. The number of aryl methyl sites for hydroxylation is 2. The Bertz CT molecular complexity index is 2060. The van der Waals surface area contributed by atoms with Crippen LogP contribution in [0, 0.1) is 11.3 Å². The lowest BCUT2D eigenvalue weighted by atomic mass is 9.76. The van der Waals surface area contributed by atoms with Gasteiger partial charge in [0.05, 0.1) is 30.2 Å². The number of ether oxygens (including phenoxy) is 4. The quantitative estimate of drug-likeness (QED) is 0.0764. The van der Waals surface area contributed by atoms with E-state index >= 15 is 0 Å². The second kappa shape index (κ2) is 21.5.